The second kappa shape index (κ2) is 2.19. The highest BCUT2D eigenvalue weighted by molar-refractivity contribution is 5.09. The van der Waals surface area contributed by atoms with Crippen molar-refractivity contribution in [2.24, 2.45) is 10.8 Å². The van der Waals surface area contributed by atoms with Gasteiger partial charge in [0.25, 0.3) is 0 Å². The molecular weight excluding hydrogens is 142 g/mol. The van der Waals surface area contributed by atoms with Crippen molar-refractivity contribution < 1.29 is 10.2 Å². The Labute approximate surface area is 66.4 Å². The van der Waals surface area contributed by atoms with E-state index in [1.807, 2.05) is 0 Å². The van der Waals surface area contributed by atoms with E-state index in [1.165, 1.54) is 0 Å². The van der Waals surface area contributed by atoms with Crippen LogP contribution < -0.4 is 5.32 Å². The van der Waals surface area contributed by atoms with Crippen LogP contribution in [0.3, 0.4) is 0 Å². The topological polar surface area (TPSA) is 52.5 Å². The molecule has 0 unspecified atom stereocenters. The van der Waals surface area contributed by atoms with Crippen molar-refractivity contribution in [2.45, 2.75) is 12.8 Å². The van der Waals surface area contributed by atoms with Gasteiger partial charge >= 0.3 is 0 Å². The van der Waals surface area contributed by atoms with Crippen LogP contribution in [0.2, 0.25) is 0 Å². The molecule has 64 valence electrons. The Kier molecular flexibility index (Phi) is 1.50. The number of aliphatic hydroxyl groups excluding tert-OH is 2. The van der Waals surface area contributed by atoms with Crippen molar-refractivity contribution in [3.63, 3.8) is 0 Å². The maximum Gasteiger partial charge on any atom is 0.0509 e. The van der Waals surface area contributed by atoms with Gasteiger partial charge in [-0.3, -0.25) is 0 Å². The molecule has 2 aliphatic rings. The van der Waals surface area contributed by atoms with Gasteiger partial charge < -0.3 is 15.5 Å². The highest BCUT2D eigenvalue weighted by atomic mass is 16.3. The summed E-state index contributed by atoms with van der Waals surface area (Å²) in [5.41, 5.74) is 0.313. The Bertz CT molecular complexity index is 151. The van der Waals surface area contributed by atoms with E-state index in [-0.39, 0.29) is 18.6 Å². The van der Waals surface area contributed by atoms with Crippen LogP contribution in [0.5, 0.6) is 0 Å². The van der Waals surface area contributed by atoms with Crippen molar-refractivity contribution >= 4 is 0 Å². The van der Waals surface area contributed by atoms with Crippen molar-refractivity contribution in [1.82, 2.24) is 5.32 Å². The summed E-state index contributed by atoms with van der Waals surface area (Å²) < 4.78 is 0. The lowest BCUT2D eigenvalue weighted by atomic mass is 9.51. The van der Waals surface area contributed by atoms with Gasteiger partial charge in [0.05, 0.1) is 13.2 Å². The fourth-order valence-electron chi connectivity index (χ4n) is 2.54. The first kappa shape index (κ1) is 7.53. The maximum absolute atomic E-state index is 9.01. The monoisotopic (exact) mass is 157 g/mol. The molecule has 0 radical (unpaired) electrons. The Hall–Kier alpha value is -0.120. The third kappa shape index (κ3) is 0.916. The molecule has 1 saturated carbocycles. The Morgan fingerprint density at radius 3 is 1.91 bits per heavy atom. The van der Waals surface area contributed by atoms with Crippen LogP contribution >= 0.6 is 0 Å². The van der Waals surface area contributed by atoms with Gasteiger partial charge in [0.2, 0.25) is 0 Å². The summed E-state index contributed by atoms with van der Waals surface area (Å²) in [4.78, 5) is 0. The molecule has 0 amide bonds. The van der Waals surface area contributed by atoms with Crippen LogP contribution in [0, 0.1) is 10.8 Å². The zero-order valence-corrected chi connectivity index (χ0v) is 6.64. The van der Waals surface area contributed by atoms with Crippen LogP contribution in [0.1, 0.15) is 12.8 Å². The normalized spacial score (nSPS) is 31.1. The van der Waals surface area contributed by atoms with Crippen molar-refractivity contribution in [2.75, 3.05) is 26.3 Å². The van der Waals surface area contributed by atoms with E-state index in [0.717, 1.165) is 25.9 Å². The minimum atomic E-state index is -0.137. The molecular formula is C8H15NO2. The predicted molar refractivity (Wildman–Crippen MR) is 41.1 cm³/mol. The summed E-state index contributed by atoms with van der Waals surface area (Å²) in [5, 5.41) is 21.2. The molecule has 1 spiro atoms. The average molecular weight is 157 g/mol. The number of hydrogen-bond acceptors (Lipinski definition) is 3. The largest absolute Gasteiger partial charge is 0.396 e. The van der Waals surface area contributed by atoms with Crippen LogP contribution in [-0.4, -0.2) is 36.5 Å². The highest BCUT2D eigenvalue weighted by Gasteiger charge is 2.56. The van der Waals surface area contributed by atoms with E-state index in [4.69, 9.17) is 10.2 Å². The van der Waals surface area contributed by atoms with E-state index in [9.17, 15) is 0 Å². The fraction of sp³-hybridized carbons (Fsp3) is 1.00. The first-order valence-corrected chi connectivity index (χ1v) is 4.17. The van der Waals surface area contributed by atoms with Gasteiger partial charge in [0, 0.05) is 18.5 Å². The molecule has 0 bridgehead atoms. The van der Waals surface area contributed by atoms with Crippen LogP contribution in [-0.2, 0) is 0 Å². The first-order valence-electron chi connectivity index (χ1n) is 4.17. The smallest absolute Gasteiger partial charge is 0.0509 e. The van der Waals surface area contributed by atoms with E-state index < -0.39 is 0 Å². The minimum absolute atomic E-state index is 0.137. The third-order valence-electron chi connectivity index (χ3n) is 3.17. The first-order chi connectivity index (χ1) is 5.24. The van der Waals surface area contributed by atoms with E-state index >= 15 is 0 Å². The standard InChI is InChI=1S/C8H15NO2/c10-5-8(6-11)1-7(2-8)3-9-4-7/h9-11H,1-6H2. The summed E-state index contributed by atoms with van der Waals surface area (Å²) >= 11 is 0. The summed E-state index contributed by atoms with van der Waals surface area (Å²) in [7, 11) is 0. The molecule has 1 aliphatic carbocycles. The molecule has 1 saturated heterocycles. The van der Waals surface area contributed by atoms with Gasteiger partial charge in [-0.05, 0) is 18.3 Å². The van der Waals surface area contributed by atoms with Crippen LogP contribution in [0.25, 0.3) is 0 Å². The van der Waals surface area contributed by atoms with Gasteiger partial charge in [0.1, 0.15) is 0 Å². The number of nitrogens with one attached hydrogen (secondary N) is 1. The van der Waals surface area contributed by atoms with E-state index in [1.54, 1.807) is 0 Å². The van der Waals surface area contributed by atoms with Crippen LogP contribution in [0.15, 0.2) is 0 Å². The summed E-state index contributed by atoms with van der Waals surface area (Å²) in [5.74, 6) is 0. The summed E-state index contributed by atoms with van der Waals surface area (Å²) in [6.45, 7) is 2.44. The van der Waals surface area contributed by atoms with Crippen LogP contribution in [0.4, 0.5) is 0 Å². The Morgan fingerprint density at radius 1 is 1.09 bits per heavy atom. The zero-order valence-electron chi connectivity index (χ0n) is 6.64. The highest BCUT2D eigenvalue weighted by Crippen LogP contribution is 2.55. The lowest BCUT2D eigenvalue weighted by molar-refractivity contribution is -0.128. The predicted octanol–water partition coefficient (Wildman–Crippen LogP) is -0.659. The number of aliphatic hydroxyl groups is 2. The molecule has 1 heterocycles. The average Bonchev–Trinajstić information content (AvgIpc) is 1.85. The number of hydrogen-bond donors (Lipinski definition) is 3. The fourth-order valence-corrected chi connectivity index (χ4v) is 2.54. The molecule has 2 rings (SSSR count). The van der Waals surface area contributed by atoms with E-state index in [0.29, 0.717) is 5.41 Å². The van der Waals surface area contributed by atoms with Gasteiger partial charge in [-0.1, -0.05) is 0 Å². The zero-order chi connectivity index (χ0) is 7.95. The molecule has 0 aromatic carbocycles. The second-order valence-corrected chi connectivity index (χ2v) is 4.27. The van der Waals surface area contributed by atoms with E-state index in [2.05, 4.69) is 5.32 Å². The molecule has 3 heteroatoms. The third-order valence-corrected chi connectivity index (χ3v) is 3.17. The lowest BCUT2D eigenvalue weighted by Gasteiger charge is -2.60. The molecule has 0 aromatic heterocycles. The molecule has 0 aromatic rings. The minimum Gasteiger partial charge on any atom is -0.396 e. The van der Waals surface area contributed by atoms with Gasteiger partial charge in [0.15, 0.2) is 0 Å². The lowest BCUT2D eigenvalue weighted by Crippen LogP contribution is -2.65. The Morgan fingerprint density at radius 2 is 1.64 bits per heavy atom. The summed E-state index contributed by atoms with van der Waals surface area (Å²) in [6, 6.07) is 0. The molecule has 3 nitrogen and oxygen atoms in total. The van der Waals surface area contributed by atoms with Gasteiger partial charge in [-0.15, -0.1) is 0 Å². The molecule has 3 N–H and O–H groups in total. The van der Waals surface area contributed by atoms with Crippen molar-refractivity contribution in [3.05, 3.63) is 0 Å². The second-order valence-electron chi connectivity index (χ2n) is 4.27. The van der Waals surface area contributed by atoms with Crippen molar-refractivity contribution in [3.8, 4) is 0 Å². The number of rotatable bonds is 2. The molecule has 2 fully saturated rings. The van der Waals surface area contributed by atoms with Crippen molar-refractivity contribution in [1.29, 1.82) is 0 Å². The molecule has 11 heavy (non-hydrogen) atoms. The SMILES string of the molecule is OCC1(CO)CC2(CNC2)C1. The van der Waals surface area contributed by atoms with Gasteiger partial charge in [-0.2, -0.15) is 0 Å². The molecule has 1 aliphatic heterocycles. The summed E-state index contributed by atoms with van der Waals surface area (Å²) in [6.07, 6.45) is 2.00. The Balaban J connectivity index is 1.93. The van der Waals surface area contributed by atoms with Gasteiger partial charge in [-0.25, -0.2) is 0 Å². The molecule has 0 atom stereocenters. The maximum atomic E-state index is 9.01. The quantitative estimate of drug-likeness (QED) is 0.499.